The molecule has 0 bridgehead atoms. The third kappa shape index (κ3) is 3.07. The van der Waals surface area contributed by atoms with Crippen molar-refractivity contribution in [1.82, 2.24) is 4.90 Å². The van der Waals surface area contributed by atoms with Crippen LogP contribution in [0.5, 0.6) is 11.5 Å². The van der Waals surface area contributed by atoms with Crippen molar-refractivity contribution < 1.29 is 13.9 Å². The fraction of sp³-hybridized carbons (Fsp3) is 0.455. The van der Waals surface area contributed by atoms with Gasteiger partial charge in [0.15, 0.2) is 11.5 Å². The van der Waals surface area contributed by atoms with Gasteiger partial charge in [-0.25, -0.2) is 4.39 Å². The molecule has 0 amide bonds. The second kappa shape index (κ2) is 7.28. The summed E-state index contributed by atoms with van der Waals surface area (Å²) in [6.07, 6.45) is 4.48. The van der Waals surface area contributed by atoms with E-state index in [1.807, 2.05) is 12.1 Å². The van der Waals surface area contributed by atoms with Gasteiger partial charge in [0.2, 0.25) is 0 Å². The SMILES string of the molecule is COc1ccc2c(c1OC)CC[C@@H]1[C@@H]2CCCN1Cc1cccc(F)c1. The number of methoxy groups -OCH3 is 2. The Kier molecular flexibility index (Phi) is 4.86. The molecule has 0 saturated carbocycles. The fourth-order valence-corrected chi connectivity index (χ4v) is 4.84. The average Bonchev–Trinajstić information content (AvgIpc) is 2.67. The summed E-state index contributed by atoms with van der Waals surface area (Å²) >= 11 is 0. The Hall–Kier alpha value is -2.07. The van der Waals surface area contributed by atoms with Crippen LogP contribution in [0.4, 0.5) is 4.39 Å². The third-order valence-electron chi connectivity index (χ3n) is 5.94. The number of ether oxygens (including phenoxy) is 2. The van der Waals surface area contributed by atoms with Gasteiger partial charge in [0.25, 0.3) is 0 Å². The van der Waals surface area contributed by atoms with Gasteiger partial charge in [-0.1, -0.05) is 18.2 Å². The minimum atomic E-state index is -0.151. The van der Waals surface area contributed by atoms with Gasteiger partial charge in [0, 0.05) is 18.2 Å². The lowest BCUT2D eigenvalue weighted by Gasteiger charge is -2.45. The van der Waals surface area contributed by atoms with E-state index in [4.69, 9.17) is 9.47 Å². The van der Waals surface area contributed by atoms with E-state index in [9.17, 15) is 4.39 Å². The molecule has 2 aromatic rings. The normalized spacial score (nSPS) is 22.4. The number of piperidine rings is 1. The van der Waals surface area contributed by atoms with E-state index in [0.717, 1.165) is 43.0 Å². The van der Waals surface area contributed by atoms with Gasteiger partial charge in [0.1, 0.15) is 5.82 Å². The number of rotatable bonds is 4. The molecule has 138 valence electrons. The molecule has 0 spiro atoms. The Bertz CT molecular complexity index is 792. The van der Waals surface area contributed by atoms with Crippen LogP contribution in [0.3, 0.4) is 0 Å². The molecule has 2 aliphatic rings. The van der Waals surface area contributed by atoms with E-state index in [0.29, 0.717) is 12.0 Å². The highest BCUT2D eigenvalue weighted by atomic mass is 19.1. The highest BCUT2D eigenvalue weighted by Gasteiger charge is 2.37. The van der Waals surface area contributed by atoms with Crippen molar-refractivity contribution in [1.29, 1.82) is 0 Å². The minimum Gasteiger partial charge on any atom is -0.493 e. The molecule has 0 radical (unpaired) electrons. The van der Waals surface area contributed by atoms with Crippen LogP contribution in [0.1, 0.15) is 41.9 Å². The molecule has 1 aliphatic heterocycles. The summed E-state index contributed by atoms with van der Waals surface area (Å²) in [6.45, 7) is 1.90. The molecule has 1 saturated heterocycles. The van der Waals surface area contributed by atoms with Crippen molar-refractivity contribution in [3.05, 3.63) is 58.9 Å². The van der Waals surface area contributed by atoms with Crippen molar-refractivity contribution in [3.63, 3.8) is 0 Å². The van der Waals surface area contributed by atoms with Gasteiger partial charge < -0.3 is 9.47 Å². The molecule has 4 heteroatoms. The Morgan fingerprint density at radius 1 is 1.12 bits per heavy atom. The van der Waals surface area contributed by atoms with Crippen LogP contribution in [0.25, 0.3) is 0 Å². The first-order valence-corrected chi connectivity index (χ1v) is 9.43. The quantitative estimate of drug-likeness (QED) is 0.804. The monoisotopic (exact) mass is 355 g/mol. The Morgan fingerprint density at radius 3 is 2.77 bits per heavy atom. The van der Waals surface area contributed by atoms with E-state index in [-0.39, 0.29) is 5.82 Å². The van der Waals surface area contributed by atoms with Crippen molar-refractivity contribution >= 4 is 0 Å². The van der Waals surface area contributed by atoms with Crippen LogP contribution < -0.4 is 9.47 Å². The number of benzene rings is 2. The van der Waals surface area contributed by atoms with Crippen molar-refractivity contribution in [2.24, 2.45) is 0 Å². The zero-order valence-corrected chi connectivity index (χ0v) is 15.5. The fourth-order valence-electron chi connectivity index (χ4n) is 4.84. The van der Waals surface area contributed by atoms with E-state index in [2.05, 4.69) is 11.0 Å². The highest BCUT2D eigenvalue weighted by Crippen LogP contribution is 2.46. The average molecular weight is 355 g/mol. The summed E-state index contributed by atoms with van der Waals surface area (Å²) in [4.78, 5) is 2.54. The third-order valence-corrected chi connectivity index (χ3v) is 5.94. The predicted molar refractivity (Wildman–Crippen MR) is 100 cm³/mol. The maximum absolute atomic E-state index is 13.6. The highest BCUT2D eigenvalue weighted by molar-refractivity contribution is 5.53. The van der Waals surface area contributed by atoms with E-state index >= 15 is 0 Å². The predicted octanol–water partition coefficient (Wildman–Crippen LogP) is 4.54. The molecule has 26 heavy (non-hydrogen) atoms. The van der Waals surface area contributed by atoms with Crippen LogP contribution in [0, 0.1) is 5.82 Å². The molecule has 1 aliphatic carbocycles. The first kappa shape index (κ1) is 17.3. The van der Waals surface area contributed by atoms with Gasteiger partial charge in [-0.3, -0.25) is 4.90 Å². The molecule has 2 aromatic carbocycles. The number of fused-ring (bicyclic) bond motifs is 3. The smallest absolute Gasteiger partial charge is 0.164 e. The molecule has 0 unspecified atom stereocenters. The van der Waals surface area contributed by atoms with Crippen molar-refractivity contribution in [2.45, 2.75) is 44.2 Å². The number of halogens is 1. The lowest BCUT2D eigenvalue weighted by Crippen LogP contribution is -2.45. The van der Waals surface area contributed by atoms with Crippen LogP contribution in [-0.4, -0.2) is 31.7 Å². The van der Waals surface area contributed by atoms with Gasteiger partial charge in [-0.15, -0.1) is 0 Å². The molecule has 1 heterocycles. The van der Waals surface area contributed by atoms with Crippen LogP contribution >= 0.6 is 0 Å². The van der Waals surface area contributed by atoms with Gasteiger partial charge in [0.05, 0.1) is 14.2 Å². The molecule has 1 fully saturated rings. The second-order valence-corrected chi connectivity index (χ2v) is 7.32. The Labute approximate surface area is 154 Å². The maximum atomic E-state index is 13.6. The van der Waals surface area contributed by atoms with Crippen LogP contribution in [0.15, 0.2) is 36.4 Å². The summed E-state index contributed by atoms with van der Waals surface area (Å²) in [5, 5.41) is 0. The zero-order chi connectivity index (χ0) is 18.1. The summed E-state index contributed by atoms with van der Waals surface area (Å²) in [7, 11) is 3.42. The van der Waals surface area contributed by atoms with Crippen LogP contribution in [-0.2, 0) is 13.0 Å². The molecule has 0 N–H and O–H groups in total. The molecule has 4 rings (SSSR count). The zero-order valence-electron chi connectivity index (χ0n) is 15.5. The summed E-state index contributed by atoms with van der Waals surface area (Å²) in [5.41, 5.74) is 3.77. The topological polar surface area (TPSA) is 21.7 Å². The van der Waals surface area contributed by atoms with E-state index in [1.54, 1.807) is 26.4 Å². The number of hydrogen-bond donors (Lipinski definition) is 0. The minimum absolute atomic E-state index is 0.151. The summed E-state index contributed by atoms with van der Waals surface area (Å²) in [5.74, 6) is 2.07. The molecule has 3 nitrogen and oxygen atoms in total. The van der Waals surface area contributed by atoms with Gasteiger partial charge in [-0.2, -0.15) is 0 Å². The maximum Gasteiger partial charge on any atom is 0.164 e. The lowest BCUT2D eigenvalue weighted by atomic mass is 9.74. The van der Waals surface area contributed by atoms with Gasteiger partial charge in [-0.05, 0) is 67.5 Å². The molecule has 0 aromatic heterocycles. The first-order chi connectivity index (χ1) is 12.7. The summed E-state index contributed by atoms with van der Waals surface area (Å²) in [6, 6.07) is 11.8. The number of nitrogens with zero attached hydrogens (tertiary/aromatic N) is 1. The van der Waals surface area contributed by atoms with Crippen LogP contribution in [0.2, 0.25) is 0 Å². The van der Waals surface area contributed by atoms with Crippen molar-refractivity contribution in [3.8, 4) is 11.5 Å². The lowest BCUT2D eigenvalue weighted by molar-refractivity contribution is 0.104. The Morgan fingerprint density at radius 2 is 2.00 bits per heavy atom. The van der Waals surface area contributed by atoms with Crippen molar-refractivity contribution in [2.75, 3.05) is 20.8 Å². The molecular formula is C22H26FNO2. The number of likely N-dealkylation sites (tertiary alicyclic amines) is 1. The largest absolute Gasteiger partial charge is 0.493 e. The standard InChI is InChI=1S/C22H26FNO2/c1-25-21-11-9-17-18-7-4-12-24(14-15-5-3-6-16(23)13-15)20(18)10-8-19(17)22(21)26-2/h3,5-6,9,11,13,18,20H,4,7-8,10,12,14H2,1-2H3/t18-,20-/m1/s1. The molecular weight excluding hydrogens is 329 g/mol. The number of hydrogen-bond acceptors (Lipinski definition) is 3. The van der Waals surface area contributed by atoms with Gasteiger partial charge >= 0.3 is 0 Å². The molecule has 2 atom stereocenters. The second-order valence-electron chi connectivity index (χ2n) is 7.32. The first-order valence-electron chi connectivity index (χ1n) is 9.43. The van der Waals surface area contributed by atoms with E-state index in [1.165, 1.54) is 30.0 Å². The summed E-state index contributed by atoms with van der Waals surface area (Å²) < 4.78 is 24.7. The van der Waals surface area contributed by atoms with E-state index < -0.39 is 0 Å². The Balaban J connectivity index is 1.62.